The molecule has 0 saturated heterocycles. The van der Waals surface area contributed by atoms with Crippen LogP contribution >= 0.6 is 11.3 Å². The number of thiazole rings is 1. The van der Waals surface area contributed by atoms with Crippen LogP contribution in [-0.2, 0) is 22.5 Å². The van der Waals surface area contributed by atoms with Crippen LogP contribution in [-0.4, -0.2) is 23.6 Å². The molecule has 6 nitrogen and oxygen atoms in total. The van der Waals surface area contributed by atoms with Crippen LogP contribution in [0.1, 0.15) is 30.7 Å². The van der Waals surface area contributed by atoms with Crippen LogP contribution in [0.5, 0.6) is 0 Å². The van der Waals surface area contributed by atoms with Gasteiger partial charge in [-0.2, -0.15) is 0 Å². The molecule has 1 heterocycles. The first-order valence-electron chi connectivity index (χ1n) is 8.13. The van der Waals surface area contributed by atoms with Crippen molar-refractivity contribution in [2.75, 3.05) is 11.9 Å². The maximum Gasteiger partial charge on any atom is 0.413 e. The van der Waals surface area contributed by atoms with Crippen LogP contribution in [0.2, 0.25) is 0 Å². The summed E-state index contributed by atoms with van der Waals surface area (Å²) in [6, 6.07) is 8.00. The summed E-state index contributed by atoms with van der Waals surface area (Å²) in [5, 5.41) is 7.61. The third-order valence-corrected chi connectivity index (χ3v) is 4.07. The van der Waals surface area contributed by atoms with Gasteiger partial charge in [0.1, 0.15) is 0 Å². The summed E-state index contributed by atoms with van der Waals surface area (Å²) in [5.41, 5.74) is 2.85. The summed E-state index contributed by atoms with van der Waals surface area (Å²) in [7, 11) is 0. The molecule has 0 saturated carbocycles. The molecule has 2 rings (SSSR count). The number of nitrogens with zero attached hydrogens (tertiary/aromatic N) is 1. The normalized spacial score (nSPS) is 10.6. The summed E-state index contributed by atoms with van der Waals surface area (Å²) < 4.78 is 5.03. The van der Waals surface area contributed by atoms with Crippen LogP contribution in [0.25, 0.3) is 0 Å². The minimum absolute atomic E-state index is 0.111. The standard InChI is InChI=1S/C18H23N3O3S/c1-12(2)10-24-18(23)21-17-20-15(11-25-17)8-16(22)19-9-14-6-4-13(3)5-7-14/h4-7,11-12H,8-10H2,1-3H3,(H,19,22)(H,20,21,23). The fourth-order valence-electron chi connectivity index (χ4n) is 1.94. The molecule has 0 fully saturated rings. The lowest BCUT2D eigenvalue weighted by atomic mass is 10.1. The van der Waals surface area contributed by atoms with Crippen LogP contribution in [0.15, 0.2) is 29.6 Å². The van der Waals surface area contributed by atoms with Gasteiger partial charge in [-0.25, -0.2) is 9.78 Å². The van der Waals surface area contributed by atoms with Gasteiger partial charge in [0.15, 0.2) is 5.13 Å². The summed E-state index contributed by atoms with van der Waals surface area (Å²) in [6.07, 6.45) is -0.358. The molecule has 1 aromatic heterocycles. The van der Waals surface area contributed by atoms with Gasteiger partial charge < -0.3 is 10.1 Å². The highest BCUT2D eigenvalue weighted by atomic mass is 32.1. The summed E-state index contributed by atoms with van der Waals surface area (Å²) >= 11 is 1.27. The van der Waals surface area contributed by atoms with E-state index in [4.69, 9.17) is 4.74 Å². The minimum atomic E-state index is -0.529. The number of benzene rings is 1. The quantitative estimate of drug-likeness (QED) is 0.791. The van der Waals surface area contributed by atoms with Gasteiger partial charge in [0.25, 0.3) is 0 Å². The molecule has 2 amide bonds. The Morgan fingerprint density at radius 3 is 2.64 bits per heavy atom. The summed E-state index contributed by atoms with van der Waals surface area (Å²) in [5.74, 6) is 0.162. The van der Waals surface area contributed by atoms with Gasteiger partial charge in [0.2, 0.25) is 5.91 Å². The molecule has 25 heavy (non-hydrogen) atoms. The number of carbonyl (C=O) groups is 2. The molecule has 2 aromatic rings. The third-order valence-electron chi connectivity index (χ3n) is 3.26. The Morgan fingerprint density at radius 2 is 1.96 bits per heavy atom. The smallest absolute Gasteiger partial charge is 0.413 e. The number of nitrogens with one attached hydrogen (secondary N) is 2. The van der Waals surface area contributed by atoms with E-state index in [-0.39, 0.29) is 18.2 Å². The maximum atomic E-state index is 12.0. The molecule has 0 aliphatic carbocycles. The Bertz CT molecular complexity index is 711. The first-order valence-corrected chi connectivity index (χ1v) is 9.00. The van der Waals surface area contributed by atoms with Gasteiger partial charge in [-0.05, 0) is 18.4 Å². The summed E-state index contributed by atoms with van der Waals surface area (Å²) in [4.78, 5) is 27.8. The van der Waals surface area contributed by atoms with Gasteiger partial charge in [-0.15, -0.1) is 11.3 Å². The van der Waals surface area contributed by atoms with Crippen molar-refractivity contribution in [2.24, 2.45) is 5.92 Å². The molecule has 1 aromatic carbocycles. The Hall–Kier alpha value is -2.41. The molecule has 0 aliphatic heterocycles. The average Bonchev–Trinajstić information content (AvgIpc) is 2.99. The van der Waals surface area contributed by atoms with E-state index >= 15 is 0 Å². The number of amides is 2. The third kappa shape index (κ3) is 6.93. The van der Waals surface area contributed by atoms with Gasteiger partial charge in [0.05, 0.1) is 18.7 Å². The van der Waals surface area contributed by atoms with Crippen LogP contribution in [0.4, 0.5) is 9.93 Å². The van der Waals surface area contributed by atoms with E-state index in [1.54, 1.807) is 5.38 Å². The zero-order chi connectivity index (χ0) is 18.2. The number of aromatic nitrogens is 1. The average molecular weight is 361 g/mol. The Labute approximate surface area is 151 Å². The number of ether oxygens (including phenoxy) is 1. The van der Waals surface area contributed by atoms with E-state index in [1.807, 2.05) is 45.0 Å². The van der Waals surface area contributed by atoms with Crippen molar-refractivity contribution in [2.45, 2.75) is 33.7 Å². The van der Waals surface area contributed by atoms with E-state index < -0.39 is 6.09 Å². The molecule has 0 spiro atoms. The van der Waals surface area contributed by atoms with Crippen LogP contribution in [0.3, 0.4) is 0 Å². The molecule has 134 valence electrons. The number of rotatable bonds is 7. The SMILES string of the molecule is Cc1ccc(CNC(=O)Cc2csc(NC(=O)OCC(C)C)n2)cc1. The number of anilines is 1. The van der Waals surface area contributed by atoms with Crippen molar-refractivity contribution in [3.05, 3.63) is 46.5 Å². The monoisotopic (exact) mass is 361 g/mol. The van der Waals surface area contributed by atoms with Gasteiger partial charge >= 0.3 is 6.09 Å². The largest absolute Gasteiger partial charge is 0.449 e. The molecule has 2 N–H and O–H groups in total. The molecule has 7 heteroatoms. The minimum Gasteiger partial charge on any atom is -0.449 e. The molecule has 0 unspecified atom stereocenters. The van der Waals surface area contributed by atoms with E-state index in [9.17, 15) is 9.59 Å². The zero-order valence-corrected chi connectivity index (χ0v) is 15.5. The second-order valence-corrected chi connectivity index (χ2v) is 7.06. The fourth-order valence-corrected chi connectivity index (χ4v) is 2.64. The Morgan fingerprint density at radius 1 is 1.24 bits per heavy atom. The first kappa shape index (κ1) is 18.9. The molecule has 0 aliphatic rings. The predicted octanol–water partition coefficient (Wildman–Crippen LogP) is 3.51. The highest BCUT2D eigenvalue weighted by Crippen LogP contribution is 2.16. The molecule has 0 atom stereocenters. The van der Waals surface area contributed by atoms with Crippen molar-refractivity contribution in [1.82, 2.24) is 10.3 Å². The van der Waals surface area contributed by atoms with Crippen molar-refractivity contribution in [3.8, 4) is 0 Å². The molecular formula is C18H23N3O3S. The fraction of sp³-hybridized carbons (Fsp3) is 0.389. The summed E-state index contributed by atoms with van der Waals surface area (Å²) in [6.45, 7) is 6.78. The number of hydrogen-bond acceptors (Lipinski definition) is 5. The van der Waals surface area contributed by atoms with Crippen molar-refractivity contribution >= 4 is 28.5 Å². The van der Waals surface area contributed by atoms with Crippen LogP contribution < -0.4 is 10.6 Å². The van der Waals surface area contributed by atoms with Crippen molar-refractivity contribution < 1.29 is 14.3 Å². The van der Waals surface area contributed by atoms with E-state index in [1.165, 1.54) is 16.9 Å². The molecule has 0 radical (unpaired) electrons. The second kappa shape index (κ2) is 9.17. The van der Waals surface area contributed by atoms with Gasteiger partial charge in [0, 0.05) is 11.9 Å². The lowest BCUT2D eigenvalue weighted by molar-refractivity contribution is -0.120. The van der Waals surface area contributed by atoms with Crippen LogP contribution in [0, 0.1) is 12.8 Å². The lowest BCUT2D eigenvalue weighted by Gasteiger charge is -2.06. The van der Waals surface area contributed by atoms with Gasteiger partial charge in [-0.1, -0.05) is 43.7 Å². The number of carbonyl (C=O) groups excluding carboxylic acids is 2. The lowest BCUT2D eigenvalue weighted by Crippen LogP contribution is -2.24. The predicted molar refractivity (Wildman–Crippen MR) is 98.7 cm³/mol. The Kier molecular flexibility index (Phi) is 6.94. The highest BCUT2D eigenvalue weighted by molar-refractivity contribution is 7.13. The molecular weight excluding hydrogens is 338 g/mol. The second-order valence-electron chi connectivity index (χ2n) is 6.20. The highest BCUT2D eigenvalue weighted by Gasteiger charge is 2.11. The van der Waals surface area contributed by atoms with E-state index in [2.05, 4.69) is 15.6 Å². The number of hydrogen-bond donors (Lipinski definition) is 2. The number of aryl methyl sites for hydroxylation is 1. The zero-order valence-electron chi connectivity index (χ0n) is 14.7. The van der Waals surface area contributed by atoms with E-state index in [0.29, 0.717) is 24.0 Å². The van der Waals surface area contributed by atoms with Crippen molar-refractivity contribution in [1.29, 1.82) is 0 Å². The molecule has 0 bridgehead atoms. The topological polar surface area (TPSA) is 80.3 Å². The van der Waals surface area contributed by atoms with E-state index in [0.717, 1.165) is 5.56 Å². The maximum absolute atomic E-state index is 12.0. The van der Waals surface area contributed by atoms with Crippen molar-refractivity contribution in [3.63, 3.8) is 0 Å². The van der Waals surface area contributed by atoms with Gasteiger partial charge in [-0.3, -0.25) is 10.1 Å². The first-order chi connectivity index (χ1) is 11.9. The Balaban J connectivity index is 1.76.